The summed E-state index contributed by atoms with van der Waals surface area (Å²) in [6, 6.07) is 5.74. The van der Waals surface area contributed by atoms with Gasteiger partial charge in [-0.15, -0.1) is 21.5 Å². The number of carbonyl (C=O) groups is 1. The minimum atomic E-state index is -0.152. The number of nitrogens with one attached hydrogen (secondary N) is 2. The standard InChI is InChI=1S/C12H12N6OS/c19-11(14-7-9-3-4-13-6-9)8-18-16-12(15-17-18)10-2-1-5-20-10/h1-6,13H,7-8H2,(H,14,19). The van der Waals surface area contributed by atoms with Crippen molar-refractivity contribution >= 4 is 17.2 Å². The molecule has 0 saturated heterocycles. The van der Waals surface area contributed by atoms with Gasteiger partial charge in [-0.1, -0.05) is 6.07 Å². The number of H-pyrrole nitrogens is 1. The molecular weight excluding hydrogens is 276 g/mol. The molecule has 102 valence electrons. The second kappa shape index (κ2) is 5.66. The van der Waals surface area contributed by atoms with Gasteiger partial charge in [0.2, 0.25) is 11.7 Å². The highest BCUT2D eigenvalue weighted by Gasteiger charge is 2.09. The van der Waals surface area contributed by atoms with Crippen molar-refractivity contribution in [2.75, 3.05) is 0 Å². The van der Waals surface area contributed by atoms with E-state index >= 15 is 0 Å². The molecule has 7 nitrogen and oxygen atoms in total. The van der Waals surface area contributed by atoms with Crippen molar-refractivity contribution < 1.29 is 4.79 Å². The van der Waals surface area contributed by atoms with Gasteiger partial charge in [-0.05, 0) is 28.3 Å². The zero-order valence-electron chi connectivity index (χ0n) is 10.5. The Bertz CT molecular complexity index is 673. The van der Waals surface area contributed by atoms with E-state index in [1.165, 1.54) is 16.1 Å². The van der Waals surface area contributed by atoms with Crippen LogP contribution in [0, 0.1) is 0 Å². The average Bonchev–Trinajstić information content (AvgIpc) is 3.18. The Balaban J connectivity index is 1.56. The van der Waals surface area contributed by atoms with E-state index < -0.39 is 0 Å². The Kier molecular flexibility index (Phi) is 3.55. The SMILES string of the molecule is O=C(Cn1nnc(-c2cccs2)n1)NCc1cc[nH]c1. The normalized spacial score (nSPS) is 10.6. The number of hydrogen-bond donors (Lipinski definition) is 2. The van der Waals surface area contributed by atoms with Crippen molar-refractivity contribution in [3.8, 4) is 10.7 Å². The predicted molar refractivity (Wildman–Crippen MR) is 73.8 cm³/mol. The lowest BCUT2D eigenvalue weighted by atomic mass is 10.3. The van der Waals surface area contributed by atoms with Crippen LogP contribution in [0.4, 0.5) is 0 Å². The molecule has 0 unspecified atom stereocenters. The van der Waals surface area contributed by atoms with Gasteiger partial charge in [-0.25, -0.2) is 0 Å². The fraction of sp³-hybridized carbons (Fsp3) is 0.167. The largest absolute Gasteiger partial charge is 0.367 e. The number of amides is 1. The van der Waals surface area contributed by atoms with Gasteiger partial charge in [-0.3, -0.25) is 4.79 Å². The van der Waals surface area contributed by atoms with Crippen LogP contribution in [-0.2, 0) is 17.9 Å². The minimum absolute atomic E-state index is 0.0583. The van der Waals surface area contributed by atoms with Crippen LogP contribution in [-0.4, -0.2) is 31.1 Å². The molecule has 0 atom stereocenters. The van der Waals surface area contributed by atoms with Crippen LogP contribution in [0.5, 0.6) is 0 Å². The van der Waals surface area contributed by atoms with Crippen LogP contribution in [0.3, 0.4) is 0 Å². The summed E-state index contributed by atoms with van der Waals surface area (Å²) in [5.74, 6) is 0.389. The molecule has 3 rings (SSSR count). The molecule has 0 radical (unpaired) electrons. The summed E-state index contributed by atoms with van der Waals surface area (Å²) in [5, 5.41) is 16.7. The van der Waals surface area contributed by atoms with Gasteiger partial charge in [0.15, 0.2) is 0 Å². The van der Waals surface area contributed by atoms with Gasteiger partial charge >= 0.3 is 0 Å². The van der Waals surface area contributed by atoms with E-state index in [9.17, 15) is 4.79 Å². The lowest BCUT2D eigenvalue weighted by Crippen LogP contribution is -2.27. The molecule has 20 heavy (non-hydrogen) atoms. The van der Waals surface area contributed by atoms with E-state index in [1.807, 2.05) is 36.0 Å². The van der Waals surface area contributed by atoms with Crippen molar-refractivity contribution in [1.82, 2.24) is 30.5 Å². The lowest BCUT2D eigenvalue weighted by Gasteiger charge is -2.02. The summed E-state index contributed by atoms with van der Waals surface area (Å²) < 4.78 is 0. The van der Waals surface area contributed by atoms with E-state index in [4.69, 9.17) is 0 Å². The van der Waals surface area contributed by atoms with Crippen LogP contribution >= 0.6 is 11.3 Å². The van der Waals surface area contributed by atoms with Crippen LogP contribution in [0.2, 0.25) is 0 Å². The third-order valence-corrected chi connectivity index (χ3v) is 3.50. The lowest BCUT2D eigenvalue weighted by molar-refractivity contribution is -0.122. The van der Waals surface area contributed by atoms with E-state index in [0.717, 1.165) is 10.4 Å². The molecular formula is C12H12N6OS. The fourth-order valence-corrected chi connectivity index (χ4v) is 2.32. The number of aromatic amines is 1. The fourth-order valence-electron chi connectivity index (χ4n) is 1.67. The molecule has 3 heterocycles. The predicted octanol–water partition coefficient (Wildman–Crippen LogP) is 1.05. The van der Waals surface area contributed by atoms with Gasteiger partial charge in [0.05, 0.1) is 4.88 Å². The Hall–Kier alpha value is -2.48. The maximum Gasteiger partial charge on any atom is 0.243 e. The molecule has 3 aromatic rings. The van der Waals surface area contributed by atoms with Crippen molar-refractivity contribution in [2.24, 2.45) is 0 Å². The molecule has 0 aliphatic carbocycles. The second-order valence-electron chi connectivity index (χ2n) is 4.12. The molecule has 0 aliphatic heterocycles. The van der Waals surface area contributed by atoms with Crippen molar-refractivity contribution in [1.29, 1.82) is 0 Å². The number of rotatable bonds is 5. The summed E-state index contributed by atoms with van der Waals surface area (Å²) in [6.45, 7) is 0.539. The summed E-state index contributed by atoms with van der Waals surface area (Å²) in [5.41, 5.74) is 1.02. The minimum Gasteiger partial charge on any atom is -0.367 e. The first-order valence-electron chi connectivity index (χ1n) is 6.01. The highest BCUT2D eigenvalue weighted by atomic mass is 32.1. The second-order valence-corrected chi connectivity index (χ2v) is 5.06. The molecule has 0 bridgehead atoms. The molecule has 0 aliphatic rings. The zero-order chi connectivity index (χ0) is 13.8. The Labute approximate surface area is 118 Å². The van der Waals surface area contributed by atoms with Crippen LogP contribution in [0.1, 0.15) is 5.56 Å². The summed E-state index contributed by atoms with van der Waals surface area (Å²) in [4.78, 5) is 16.9. The molecule has 2 N–H and O–H groups in total. The number of hydrogen-bond acceptors (Lipinski definition) is 5. The summed E-state index contributed by atoms with van der Waals surface area (Å²) >= 11 is 1.53. The first kappa shape index (κ1) is 12.5. The average molecular weight is 288 g/mol. The molecule has 8 heteroatoms. The number of aromatic nitrogens is 5. The Morgan fingerprint density at radius 3 is 3.15 bits per heavy atom. The summed E-state index contributed by atoms with van der Waals surface area (Å²) in [7, 11) is 0. The van der Waals surface area contributed by atoms with Gasteiger partial charge in [0.25, 0.3) is 0 Å². The van der Waals surface area contributed by atoms with Gasteiger partial charge in [-0.2, -0.15) is 4.80 Å². The topological polar surface area (TPSA) is 88.5 Å². The maximum absolute atomic E-state index is 11.8. The monoisotopic (exact) mass is 288 g/mol. The third kappa shape index (κ3) is 2.91. The molecule has 0 saturated carbocycles. The van der Waals surface area contributed by atoms with Crippen molar-refractivity contribution in [2.45, 2.75) is 13.1 Å². The van der Waals surface area contributed by atoms with Crippen LogP contribution in [0.25, 0.3) is 10.7 Å². The van der Waals surface area contributed by atoms with Gasteiger partial charge < -0.3 is 10.3 Å². The smallest absolute Gasteiger partial charge is 0.243 e. The van der Waals surface area contributed by atoms with Crippen LogP contribution < -0.4 is 5.32 Å². The number of tetrazole rings is 1. The molecule has 1 amide bonds. The molecule has 3 aromatic heterocycles. The van der Waals surface area contributed by atoms with E-state index in [1.54, 1.807) is 0 Å². The molecule has 0 fully saturated rings. The quantitative estimate of drug-likeness (QED) is 0.734. The van der Waals surface area contributed by atoms with Crippen molar-refractivity contribution in [3.05, 3.63) is 41.5 Å². The number of nitrogens with zero attached hydrogens (tertiary/aromatic N) is 4. The highest BCUT2D eigenvalue weighted by Crippen LogP contribution is 2.19. The molecule has 0 spiro atoms. The first-order valence-corrected chi connectivity index (χ1v) is 6.89. The highest BCUT2D eigenvalue weighted by molar-refractivity contribution is 7.13. The first-order chi connectivity index (χ1) is 9.81. The van der Waals surface area contributed by atoms with E-state index in [-0.39, 0.29) is 12.5 Å². The van der Waals surface area contributed by atoms with E-state index in [0.29, 0.717) is 12.4 Å². The van der Waals surface area contributed by atoms with Gasteiger partial charge in [0.1, 0.15) is 6.54 Å². The Morgan fingerprint density at radius 1 is 1.45 bits per heavy atom. The Morgan fingerprint density at radius 2 is 2.40 bits per heavy atom. The molecule has 0 aromatic carbocycles. The van der Waals surface area contributed by atoms with E-state index in [2.05, 4.69) is 25.7 Å². The van der Waals surface area contributed by atoms with Gasteiger partial charge in [0, 0.05) is 18.9 Å². The zero-order valence-corrected chi connectivity index (χ0v) is 11.3. The third-order valence-electron chi connectivity index (χ3n) is 2.63. The maximum atomic E-state index is 11.8. The van der Waals surface area contributed by atoms with Crippen LogP contribution in [0.15, 0.2) is 36.0 Å². The van der Waals surface area contributed by atoms with Crippen molar-refractivity contribution in [3.63, 3.8) is 0 Å². The number of thiophene rings is 1. The number of carbonyl (C=O) groups excluding carboxylic acids is 1. The summed E-state index contributed by atoms with van der Waals surface area (Å²) in [6.07, 6.45) is 3.65.